The first kappa shape index (κ1) is 25.5. The van der Waals surface area contributed by atoms with Crippen LogP contribution in [0.15, 0.2) is 48.6 Å². The average molecular weight is 533 g/mol. The first-order valence-corrected chi connectivity index (χ1v) is 12.5. The van der Waals surface area contributed by atoms with Gasteiger partial charge in [0.05, 0.1) is 17.7 Å². The van der Waals surface area contributed by atoms with Gasteiger partial charge in [-0.2, -0.15) is 13.2 Å². The van der Waals surface area contributed by atoms with Gasteiger partial charge in [-0.25, -0.2) is 4.79 Å². The van der Waals surface area contributed by atoms with Gasteiger partial charge in [0.2, 0.25) is 5.79 Å². The van der Waals surface area contributed by atoms with Crippen LogP contribution in [0.25, 0.3) is 0 Å². The summed E-state index contributed by atoms with van der Waals surface area (Å²) in [6, 6.07) is 4.16. The molecule has 202 valence electrons. The third-order valence-electron chi connectivity index (χ3n) is 9.97. The molecule has 38 heavy (non-hydrogen) atoms. The molecule has 7 nitrogen and oxygen atoms in total. The Hall–Kier alpha value is -2.82. The van der Waals surface area contributed by atoms with Crippen LogP contribution >= 0.6 is 0 Å². The summed E-state index contributed by atoms with van der Waals surface area (Å²) in [7, 11) is 0. The van der Waals surface area contributed by atoms with Crippen molar-refractivity contribution >= 4 is 17.5 Å². The maximum absolute atomic E-state index is 14.0. The number of allylic oxidation sites excluding steroid dienone is 1. The highest BCUT2D eigenvalue weighted by molar-refractivity contribution is 6.06. The Morgan fingerprint density at radius 1 is 1.18 bits per heavy atom. The normalized spacial score (nSPS) is 42.6. The van der Waals surface area contributed by atoms with E-state index < -0.39 is 81.0 Å². The number of ketones is 2. The van der Waals surface area contributed by atoms with E-state index in [-0.39, 0.29) is 18.0 Å². The lowest BCUT2D eigenvalue weighted by atomic mass is 9.37. The SMILES string of the molecule is C=C1C(=O)[C@]23[C@H](OC(=O)c4ccccc4C(F)(F)F)[C@H]1CC[C@H]2[C@]12C=CC(=O)C(C)(C)[C@H]1[C@H](O)[C@]3(O)OC2. The van der Waals surface area contributed by atoms with Crippen LogP contribution in [0, 0.1) is 34.0 Å². The zero-order valence-corrected chi connectivity index (χ0v) is 20.7. The van der Waals surface area contributed by atoms with Crippen molar-refractivity contribution in [2.45, 2.75) is 50.9 Å². The highest BCUT2D eigenvalue weighted by atomic mass is 19.4. The highest BCUT2D eigenvalue weighted by Gasteiger charge is 2.86. The second-order valence-electron chi connectivity index (χ2n) is 11.8. The quantitative estimate of drug-likeness (QED) is 0.445. The molecule has 8 atom stereocenters. The summed E-state index contributed by atoms with van der Waals surface area (Å²) < 4.78 is 52.6. The van der Waals surface area contributed by atoms with Crippen molar-refractivity contribution < 1.29 is 47.2 Å². The maximum atomic E-state index is 14.0. The number of esters is 1. The summed E-state index contributed by atoms with van der Waals surface area (Å²) in [4.78, 5) is 40.2. The molecule has 4 aliphatic carbocycles. The van der Waals surface area contributed by atoms with Crippen LogP contribution in [0.4, 0.5) is 13.2 Å². The molecule has 2 spiro atoms. The molecular formula is C28H27F3O7. The number of fused-ring (bicyclic) bond motifs is 2. The summed E-state index contributed by atoms with van der Waals surface area (Å²) in [5.41, 5.74) is -6.05. The molecule has 2 heterocycles. The molecule has 4 bridgehead atoms. The number of Topliss-reactive ketones (excluding diaryl/α,β-unsaturated/α-hetero) is 1. The minimum absolute atomic E-state index is 0.0641. The number of hydrogen-bond acceptors (Lipinski definition) is 7. The fourth-order valence-corrected chi connectivity index (χ4v) is 8.44. The smallest absolute Gasteiger partial charge is 0.417 e. The zero-order chi connectivity index (χ0) is 27.6. The van der Waals surface area contributed by atoms with Gasteiger partial charge in [0.1, 0.15) is 17.6 Å². The fraction of sp³-hybridized carbons (Fsp3) is 0.536. The monoisotopic (exact) mass is 532 g/mol. The first-order chi connectivity index (χ1) is 17.7. The molecule has 2 N–H and O–H groups in total. The van der Waals surface area contributed by atoms with Gasteiger partial charge in [0.15, 0.2) is 11.6 Å². The van der Waals surface area contributed by atoms with E-state index in [9.17, 15) is 37.8 Å². The van der Waals surface area contributed by atoms with Crippen LogP contribution < -0.4 is 0 Å². The summed E-state index contributed by atoms with van der Waals surface area (Å²) in [5.74, 6) is -7.09. The molecule has 2 aliphatic heterocycles. The molecule has 2 saturated heterocycles. The van der Waals surface area contributed by atoms with Gasteiger partial charge in [-0.15, -0.1) is 0 Å². The Kier molecular flexibility index (Phi) is 4.98. The van der Waals surface area contributed by atoms with Crippen molar-refractivity contribution in [2.24, 2.45) is 34.0 Å². The molecule has 6 aliphatic rings. The van der Waals surface area contributed by atoms with E-state index >= 15 is 0 Å². The summed E-state index contributed by atoms with van der Waals surface area (Å²) >= 11 is 0. The third kappa shape index (κ3) is 2.68. The average Bonchev–Trinajstić information content (AvgIpc) is 2.97. The number of carbonyl (C=O) groups excluding carboxylic acids is 3. The Morgan fingerprint density at radius 3 is 2.55 bits per heavy atom. The Morgan fingerprint density at radius 2 is 1.87 bits per heavy atom. The van der Waals surface area contributed by atoms with Crippen LogP contribution in [-0.2, 0) is 25.2 Å². The predicted molar refractivity (Wildman–Crippen MR) is 124 cm³/mol. The second-order valence-corrected chi connectivity index (χ2v) is 11.8. The van der Waals surface area contributed by atoms with Gasteiger partial charge in [-0.05, 0) is 42.5 Å². The largest absolute Gasteiger partial charge is 0.457 e. The van der Waals surface area contributed by atoms with Gasteiger partial charge in [-0.3, -0.25) is 9.59 Å². The van der Waals surface area contributed by atoms with E-state index in [1.165, 1.54) is 12.1 Å². The van der Waals surface area contributed by atoms with Gasteiger partial charge < -0.3 is 19.7 Å². The standard InChI is InChI=1S/C28H27F3O7/c1-13-14-8-9-17-25-11-10-18(32)24(2,3)19(25)21(34)27(36,37-12-25)26(17,20(13)33)22(14)38-23(35)15-6-4-5-7-16(15)28(29,30)31/h4-7,10-11,14,17,19,21-22,34,36H,1,8-9,12H2,2-3H3/t14-,17-,19+,21-,22+,25+,26-,27-/m0/s1. The molecule has 1 aromatic rings. The minimum atomic E-state index is -4.83. The van der Waals surface area contributed by atoms with Gasteiger partial charge in [0, 0.05) is 22.7 Å². The van der Waals surface area contributed by atoms with E-state index in [1.54, 1.807) is 19.9 Å². The van der Waals surface area contributed by atoms with E-state index in [0.29, 0.717) is 12.8 Å². The number of rotatable bonds is 2. The Labute approximate surface area is 216 Å². The zero-order valence-electron chi connectivity index (χ0n) is 20.7. The molecule has 7 rings (SSSR count). The van der Waals surface area contributed by atoms with E-state index in [2.05, 4.69) is 6.58 Å². The minimum Gasteiger partial charge on any atom is -0.457 e. The van der Waals surface area contributed by atoms with Gasteiger partial charge >= 0.3 is 12.1 Å². The molecule has 0 radical (unpaired) electrons. The molecule has 0 unspecified atom stereocenters. The fourth-order valence-electron chi connectivity index (χ4n) is 8.44. The van der Waals surface area contributed by atoms with Crippen LogP contribution in [0.5, 0.6) is 0 Å². The van der Waals surface area contributed by atoms with E-state index in [4.69, 9.17) is 9.47 Å². The number of ether oxygens (including phenoxy) is 2. The number of aliphatic hydroxyl groups excluding tert-OH is 1. The molecule has 5 fully saturated rings. The van der Waals surface area contributed by atoms with Gasteiger partial charge in [0.25, 0.3) is 0 Å². The number of hydrogen-bond donors (Lipinski definition) is 2. The number of benzene rings is 1. The number of halogens is 3. The van der Waals surface area contributed by atoms with E-state index in [0.717, 1.165) is 18.2 Å². The maximum Gasteiger partial charge on any atom is 0.417 e. The highest BCUT2D eigenvalue weighted by Crippen LogP contribution is 2.75. The van der Waals surface area contributed by atoms with Crippen LogP contribution in [0.2, 0.25) is 0 Å². The molecular weight excluding hydrogens is 505 g/mol. The predicted octanol–water partition coefficient (Wildman–Crippen LogP) is 3.24. The third-order valence-corrected chi connectivity index (χ3v) is 9.97. The molecule has 0 aromatic heterocycles. The van der Waals surface area contributed by atoms with Gasteiger partial charge in [-0.1, -0.05) is 38.6 Å². The Balaban J connectivity index is 1.52. The van der Waals surface area contributed by atoms with Crippen LogP contribution in [-0.4, -0.2) is 52.4 Å². The molecule has 0 amide bonds. The van der Waals surface area contributed by atoms with Crippen molar-refractivity contribution in [3.8, 4) is 0 Å². The first-order valence-electron chi connectivity index (χ1n) is 12.5. The lowest BCUT2D eigenvalue weighted by Crippen LogP contribution is -2.83. The summed E-state index contributed by atoms with van der Waals surface area (Å²) in [5, 5.41) is 23.7. The van der Waals surface area contributed by atoms with Crippen LogP contribution in [0.3, 0.4) is 0 Å². The molecule has 10 heteroatoms. The summed E-state index contributed by atoms with van der Waals surface area (Å²) in [6.07, 6.45) is -4.27. The summed E-state index contributed by atoms with van der Waals surface area (Å²) in [6.45, 7) is 7.13. The lowest BCUT2D eigenvalue weighted by Gasteiger charge is -2.72. The second kappa shape index (κ2) is 7.43. The van der Waals surface area contributed by atoms with Crippen molar-refractivity contribution in [3.05, 3.63) is 59.7 Å². The van der Waals surface area contributed by atoms with Crippen molar-refractivity contribution in [3.63, 3.8) is 0 Å². The molecule has 1 aromatic carbocycles. The lowest BCUT2D eigenvalue weighted by molar-refractivity contribution is -0.433. The van der Waals surface area contributed by atoms with E-state index in [1.807, 2.05) is 0 Å². The van der Waals surface area contributed by atoms with Crippen molar-refractivity contribution in [1.29, 1.82) is 0 Å². The Bertz CT molecular complexity index is 1330. The van der Waals surface area contributed by atoms with Crippen LogP contribution in [0.1, 0.15) is 42.6 Å². The van der Waals surface area contributed by atoms with Crippen molar-refractivity contribution in [2.75, 3.05) is 6.61 Å². The molecule has 3 saturated carbocycles. The number of aliphatic hydroxyl groups is 2. The number of alkyl halides is 3. The number of carbonyl (C=O) groups is 3. The topological polar surface area (TPSA) is 110 Å². The van der Waals surface area contributed by atoms with Crippen molar-refractivity contribution in [1.82, 2.24) is 0 Å².